The molecule has 5 unspecified atom stereocenters. The Balaban J connectivity index is -0.000000348. The molecule has 4 rings (SSSR count). The smallest absolute Gasteiger partial charge is 0.465 e. The molecule has 2 aromatic carbocycles. The van der Waals surface area contributed by atoms with Gasteiger partial charge in [-0.3, -0.25) is 62.3 Å². The summed E-state index contributed by atoms with van der Waals surface area (Å²) in [6.07, 6.45) is 2.52. The standard InChI is InChI=1S/C14H20O4.C12H16O4.2C10H17BrO5.C9H13BrO5.2C9H16O5.C8H12O5.C5H9BrO.C4H8O/c1-14(10-16-2,11-17-3)13(15)18-9-12-7-5-4-6-8-12;1-12(8-13,9-14)11(15)16-7-10-5-3-2-4-6-10;2*1-8(13)16-7-10(2,6-12)9(14)15-5-3-4-11;1-9(5-14-8(12)15-6-9)7(11)13-4-2-3-10;2*1-4-13-8(12)9(3,5-10)6-14-7(2)11;1-3-11-6(9)8(2)4-12-7(10)13-5-8;1-2-3-5(7)4-6;1-3-4(2)5/h4-8H,9-11H2,1-3H3;2-6,13-14H,7-9H2,1H3;2*12H,3-7H2,1-2H3;2-6H2,1H3;2*10H,4-6H2,1-3H3;3-5H2,1-2H3;2-4H2,1H3;3H2,1-2H3/i;;;;;;;;4T;2T. The predicted octanol–water partition coefficient (Wildman–Crippen LogP) is 9.67. The molecule has 2 fully saturated rings. The van der Waals surface area contributed by atoms with Gasteiger partial charge in [0.1, 0.15) is 121 Å². The van der Waals surface area contributed by atoms with Gasteiger partial charge in [0.15, 0.2) is 0 Å². The number of hydrogen-bond donors (Lipinski definition) is 6. The molecular formula is C90H144Br4O40. The maximum atomic E-state index is 12.0. The Hall–Kier alpha value is -8.44. The molecule has 0 saturated carbocycles. The lowest BCUT2D eigenvalue weighted by atomic mass is 9.93. The number of halogens is 4. The van der Waals surface area contributed by atoms with Crippen molar-refractivity contribution in [3.05, 3.63) is 71.8 Å². The first kappa shape index (κ1) is 132. The lowest BCUT2D eigenvalue weighted by Crippen LogP contribution is -2.44. The van der Waals surface area contributed by atoms with E-state index in [1.54, 1.807) is 62.7 Å². The van der Waals surface area contributed by atoms with Crippen LogP contribution in [-0.2, 0) is 166 Å². The highest BCUT2D eigenvalue weighted by molar-refractivity contribution is 9.09. The van der Waals surface area contributed by atoms with E-state index >= 15 is 0 Å². The zero-order chi connectivity index (χ0) is 106. The van der Waals surface area contributed by atoms with Crippen LogP contribution in [-0.4, -0.2) is 307 Å². The highest BCUT2D eigenvalue weighted by atomic mass is 79.9. The summed E-state index contributed by atoms with van der Waals surface area (Å²) in [5.41, 5.74) is -6.59. The van der Waals surface area contributed by atoms with E-state index in [4.69, 9.17) is 90.2 Å². The molecule has 0 aromatic heterocycles. The third-order valence-corrected chi connectivity index (χ3v) is 19.4. The fourth-order valence-electron chi connectivity index (χ4n) is 8.16. The van der Waals surface area contributed by atoms with E-state index in [-0.39, 0.29) is 130 Å². The highest BCUT2D eigenvalue weighted by Crippen LogP contribution is 2.28. The summed E-state index contributed by atoms with van der Waals surface area (Å²) < 4.78 is 100. The number of cyclic esters (lactones) is 4. The summed E-state index contributed by atoms with van der Waals surface area (Å²) in [4.78, 5) is 176. The van der Waals surface area contributed by atoms with Crippen molar-refractivity contribution in [2.24, 2.45) is 43.3 Å². The second-order valence-electron chi connectivity index (χ2n) is 31.1. The first-order chi connectivity index (χ1) is 63.7. The fraction of sp³-hybridized carbons (Fsp3) is 0.689. The van der Waals surface area contributed by atoms with Crippen LogP contribution in [0.2, 0.25) is 0 Å². The third-order valence-electron chi connectivity index (χ3n) is 17.2. The monoisotopic (exact) mass is 2180 g/mol. The normalized spacial score (nSPS) is 14.4. The van der Waals surface area contributed by atoms with Crippen molar-refractivity contribution in [2.75, 3.05) is 181 Å². The quantitative estimate of drug-likeness (QED) is 0.0155. The molecule has 0 amide bonds. The molecule has 2 heterocycles. The van der Waals surface area contributed by atoms with Gasteiger partial charge in [-0.25, -0.2) is 9.59 Å². The van der Waals surface area contributed by atoms with Crippen molar-refractivity contribution in [3.63, 3.8) is 0 Å². The summed E-state index contributed by atoms with van der Waals surface area (Å²) in [5.74, 6) is -5.94. The molecule has 2 saturated heterocycles. The van der Waals surface area contributed by atoms with E-state index in [9.17, 15) is 76.7 Å². The van der Waals surface area contributed by atoms with Gasteiger partial charge in [0.2, 0.25) is 0 Å². The second kappa shape index (κ2) is 78.6. The van der Waals surface area contributed by atoms with Crippen molar-refractivity contribution in [2.45, 2.75) is 176 Å². The Labute approximate surface area is 822 Å². The Bertz CT molecular complexity index is 3620. The number of aliphatic hydroxyl groups excluding tert-OH is 6. The summed E-state index contributed by atoms with van der Waals surface area (Å²) in [5, 5.41) is 55.8. The van der Waals surface area contributed by atoms with Crippen LogP contribution in [0.25, 0.3) is 0 Å². The fourth-order valence-corrected chi connectivity index (χ4v) is 9.08. The van der Waals surface area contributed by atoms with Crippen LogP contribution >= 0.6 is 63.7 Å². The molecule has 5 atom stereocenters. The average Bonchev–Trinajstić information content (AvgIpc) is 0.830. The van der Waals surface area contributed by atoms with Gasteiger partial charge < -0.3 is 121 Å². The van der Waals surface area contributed by atoms with Gasteiger partial charge in [0, 0.05) is 73.5 Å². The van der Waals surface area contributed by atoms with Crippen LogP contribution in [0, 0.1) is 43.3 Å². The zero-order valence-electron chi connectivity index (χ0n) is 82.5. The number of alkyl halides is 4. The third kappa shape index (κ3) is 63.8. The summed E-state index contributed by atoms with van der Waals surface area (Å²) >= 11 is 12.5. The molecule has 0 aliphatic carbocycles. The molecular weight excluding hydrogens is 2040 g/mol. The van der Waals surface area contributed by atoms with Crippen molar-refractivity contribution < 1.29 is 195 Å². The van der Waals surface area contributed by atoms with E-state index in [2.05, 4.69) is 92.1 Å². The van der Waals surface area contributed by atoms with E-state index in [0.29, 0.717) is 38.9 Å². The molecule has 2 aliphatic rings. The number of carbonyl (C=O) groups is 16. The number of methoxy groups -OCH3 is 2. The molecule has 0 radical (unpaired) electrons. The van der Waals surface area contributed by atoms with E-state index < -0.39 is 166 Å². The molecule has 0 spiro atoms. The van der Waals surface area contributed by atoms with Crippen molar-refractivity contribution in [1.82, 2.24) is 0 Å². The number of Topliss-reactive ketones (excluding diaryl/α,β-unsaturated/α-hetero) is 2. The molecule has 134 heavy (non-hydrogen) atoms. The maximum Gasteiger partial charge on any atom is 0.508 e. The van der Waals surface area contributed by atoms with Crippen LogP contribution < -0.4 is 0 Å². The number of carbonyl (C=O) groups excluding carboxylic acids is 16. The molecule has 772 valence electrons. The van der Waals surface area contributed by atoms with Crippen LogP contribution in [0.15, 0.2) is 60.7 Å². The van der Waals surface area contributed by atoms with Gasteiger partial charge in [-0.2, -0.15) is 0 Å². The van der Waals surface area contributed by atoms with Gasteiger partial charge in [-0.1, -0.05) is 138 Å². The lowest BCUT2D eigenvalue weighted by molar-refractivity contribution is -0.167. The number of aliphatic hydroxyl groups is 6. The van der Waals surface area contributed by atoms with Gasteiger partial charge in [-0.05, 0) is 120 Å². The number of esters is 12. The minimum atomic E-state index is -1.23. The molecule has 40 nitrogen and oxygen atoms in total. The topological polar surface area (TPSA) is 561 Å². The van der Waals surface area contributed by atoms with E-state index in [1.165, 1.54) is 62.3 Å². The number of ketones is 2. The first-order valence-corrected chi connectivity index (χ1v) is 46.3. The largest absolute Gasteiger partial charge is 0.508 e. The Kier molecular flexibility index (Phi) is 77.3. The van der Waals surface area contributed by atoms with Crippen LogP contribution in [0.5, 0.6) is 0 Å². The molecule has 6 N–H and O–H groups in total. The van der Waals surface area contributed by atoms with Crippen LogP contribution in [0.3, 0.4) is 0 Å². The van der Waals surface area contributed by atoms with Crippen LogP contribution in [0.1, 0.15) is 177 Å². The first-order valence-electron chi connectivity index (χ1n) is 43.3. The SMILES string of the molecule is CC(=O)OCC(C)(CO)C(=O)OCCCBr.CC(=O)OCC(C)(CO)C(=O)OCCCBr.CC(CO)(CO)C(=O)OCc1ccccc1.CC1(C(=O)OCCCBr)COC(=O)OC1.CCOC(=O)C(C)(CO)COC(C)=O.CCOC(=O)C(C)(CO)COC(C)=O.CCOC(=O)C1(C)COC(=O)OC1.COCC(C)(COC)C(=O)OCc1ccccc1.[3H]C(Br)C(=O)CCC.[3H]CC(=O)CC. The van der Waals surface area contributed by atoms with Gasteiger partial charge >= 0.3 is 83.9 Å². The van der Waals surface area contributed by atoms with Gasteiger partial charge in [0.05, 0.1) is 97.8 Å². The van der Waals surface area contributed by atoms with E-state index in [0.717, 1.165) is 40.0 Å². The summed E-state index contributed by atoms with van der Waals surface area (Å²) in [6, 6.07) is 18.8. The highest BCUT2D eigenvalue weighted by Gasteiger charge is 2.45. The number of rotatable bonds is 46. The molecule has 2 aliphatic heterocycles. The van der Waals surface area contributed by atoms with Gasteiger partial charge in [-0.15, -0.1) is 0 Å². The minimum absolute atomic E-state index is 0.00926. The van der Waals surface area contributed by atoms with Gasteiger partial charge in [0.25, 0.3) is 0 Å². The number of ether oxygens (including phenoxy) is 18. The maximum absolute atomic E-state index is 12.0. The van der Waals surface area contributed by atoms with Crippen molar-refractivity contribution >= 4 is 159 Å². The van der Waals surface area contributed by atoms with E-state index in [1.807, 2.05) is 67.6 Å². The van der Waals surface area contributed by atoms with Crippen LogP contribution in [0.4, 0.5) is 9.59 Å². The molecule has 2 aromatic rings. The second-order valence-corrected chi connectivity index (χ2v) is 34.0. The van der Waals surface area contributed by atoms with Crippen molar-refractivity contribution in [3.8, 4) is 0 Å². The summed E-state index contributed by atoms with van der Waals surface area (Å²) in [6.45, 7) is 25.6. The predicted molar refractivity (Wildman–Crippen MR) is 497 cm³/mol. The Morgan fingerprint density at radius 3 is 0.881 bits per heavy atom. The van der Waals surface area contributed by atoms with Crippen molar-refractivity contribution in [1.29, 1.82) is 0 Å². The Morgan fingerprint density at radius 1 is 0.388 bits per heavy atom. The lowest BCUT2D eigenvalue weighted by Gasteiger charge is -2.29. The molecule has 0 bridgehead atoms. The summed E-state index contributed by atoms with van der Waals surface area (Å²) in [7, 11) is 3.11. The number of hydrogen-bond acceptors (Lipinski definition) is 40. The Morgan fingerprint density at radius 2 is 0.657 bits per heavy atom. The zero-order valence-corrected chi connectivity index (χ0v) is 86.8. The number of benzene rings is 2. The minimum Gasteiger partial charge on any atom is -0.465 e. The molecule has 44 heteroatoms. The average molecular weight is 2190 g/mol.